The SMILES string of the molecule is C=CCOC(=O)C(O)N1C(=O)[C@H]([C@@](C)(O[SiH](C)C)C(C)(C)C)[C@@H]1CCC(=S)CC(C(=O)OCC)C(=O)OCC. The Labute approximate surface area is 239 Å². The first kappa shape index (κ1) is 34.9. The van der Waals surface area contributed by atoms with Crippen molar-refractivity contribution in [3.05, 3.63) is 12.7 Å². The molecule has 1 N–H and O–H groups in total. The average Bonchev–Trinajstić information content (AvgIpc) is 2.82. The lowest BCUT2D eigenvalue weighted by Crippen LogP contribution is -2.74. The quantitative estimate of drug-likeness (QED) is 0.0547. The molecular weight excluding hydrogens is 542 g/mol. The number of ether oxygens (including phenoxy) is 3. The number of carbonyl (C=O) groups is 4. The second-order valence-electron chi connectivity index (χ2n) is 10.9. The molecule has 1 heterocycles. The molecule has 0 aromatic heterocycles. The third-order valence-electron chi connectivity index (χ3n) is 6.94. The van der Waals surface area contributed by atoms with Gasteiger partial charge >= 0.3 is 17.9 Å². The van der Waals surface area contributed by atoms with E-state index in [4.69, 9.17) is 30.9 Å². The molecule has 1 saturated heterocycles. The molecule has 0 aliphatic carbocycles. The minimum atomic E-state index is -1.81. The molecule has 0 bridgehead atoms. The van der Waals surface area contributed by atoms with Gasteiger partial charge in [-0.1, -0.05) is 45.6 Å². The molecule has 0 saturated carbocycles. The van der Waals surface area contributed by atoms with Crippen LogP contribution in [0.5, 0.6) is 0 Å². The summed E-state index contributed by atoms with van der Waals surface area (Å²) < 4.78 is 21.5. The molecule has 4 atom stereocenters. The van der Waals surface area contributed by atoms with E-state index >= 15 is 0 Å². The van der Waals surface area contributed by atoms with Crippen molar-refractivity contribution in [1.29, 1.82) is 0 Å². The summed E-state index contributed by atoms with van der Waals surface area (Å²) >= 11 is 5.54. The largest absolute Gasteiger partial charge is 0.465 e. The van der Waals surface area contributed by atoms with Crippen LogP contribution in [0.1, 0.15) is 60.8 Å². The van der Waals surface area contributed by atoms with Crippen molar-refractivity contribution in [3.8, 4) is 0 Å². The van der Waals surface area contributed by atoms with E-state index in [1.165, 1.54) is 6.08 Å². The summed E-state index contributed by atoms with van der Waals surface area (Å²) in [4.78, 5) is 52.3. The predicted molar refractivity (Wildman–Crippen MR) is 152 cm³/mol. The summed E-state index contributed by atoms with van der Waals surface area (Å²) in [6.45, 7) is 18.7. The number of carbonyl (C=O) groups excluding carboxylic acids is 4. The first-order chi connectivity index (χ1) is 18.1. The highest BCUT2D eigenvalue weighted by molar-refractivity contribution is 7.80. The van der Waals surface area contributed by atoms with E-state index in [1.807, 2.05) is 40.8 Å². The number of nitrogens with zero attached hydrogens (tertiary/aromatic N) is 1. The molecule has 0 aromatic rings. The van der Waals surface area contributed by atoms with Gasteiger partial charge in [-0.15, -0.1) is 0 Å². The van der Waals surface area contributed by atoms with Gasteiger partial charge in [0.05, 0.1) is 24.7 Å². The number of hydrogen-bond donors (Lipinski definition) is 1. The summed E-state index contributed by atoms with van der Waals surface area (Å²) in [7, 11) is -1.63. The van der Waals surface area contributed by atoms with E-state index < -0.39 is 68.0 Å². The van der Waals surface area contributed by atoms with Gasteiger partial charge in [-0.3, -0.25) is 14.4 Å². The maximum Gasteiger partial charge on any atom is 0.356 e. The first-order valence-corrected chi connectivity index (χ1v) is 16.6. The van der Waals surface area contributed by atoms with Gasteiger partial charge < -0.3 is 28.6 Å². The Morgan fingerprint density at radius 2 is 1.62 bits per heavy atom. The Kier molecular flexibility index (Phi) is 13.4. The zero-order valence-corrected chi connectivity index (χ0v) is 26.5. The topological polar surface area (TPSA) is 129 Å². The van der Waals surface area contributed by atoms with Crippen molar-refractivity contribution in [3.63, 3.8) is 0 Å². The lowest BCUT2D eigenvalue weighted by Gasteiger charge is -2.59. The van der Waals surface area contributed by atoms with Crippen LogP contribution in [0.3, 0.4) is 0 Å². The molecule has 39 heavy (non-hydrogen) atoms. The van der Waals surface area contributed by atoms with Crippen LogP contribution < -0.4 is 0 Å². The molecule has 1 rings (SSSR count). The fourth-order valence-corrected chi connectivity index (χ4v) is 6.46. The monoisotopic (exact) mass is 587 g/mol. The van der Waals surface area contributed by atoms with Crippen LogP contribution in [0, 0.1) is 17.3 Å². The minimum absolute atomic E-state index is 0.0613. The van der Waals surface area contributed by atoms with Gasteiger partial charge in [-0.05, 0) is 57.0 Å². The molecular formula is C27H45NO9SSi. The Morgan fingerprint density at radius 3 is 2.05 bits per heavy atom. The number of β-lactam (4-membered cyclic amide) rings is 1. The summed E-state index contributed by atoms with van der Waals surface area (Å²) in [6, 6.07) is -0.609. The van der Waals surface area contributed by atoms with Crippen LogP contribution in [0.25, 0.3) is 0 Å². The smallest absolute Gasteiger partial charge is 0.356 e. The fourth-order valence-electron chi connectivity index (χ4n) is 4.70. The van der Waals surface area contributed by atoms with E-state index in [-0.39, 0.29) is 39.1 Å². The lowest BCUT2D eigenvalue weighted by atomic mass is 9.62. The molecule has 1 aliphatic rings. The minimum Gasteiger partial charge on any atom is -0.465 e. The van der Waals surface area contributed by atoms with Crippen LogP contribution in [0.15, 0.2) is 12.7 Å². The van der Waals surface area contributed by atoms with Gasteiger partial charge in [-0.25, -0.2) is 4.79 Å². The van der Waals surface area contributed by atoms with Crippen molar-refractivity contribution in [2.45, 2.75) is 91.8 Å². The standard InChI is InChI=1S/C27H45NO9SSi/c1-10-15-36-25(33)22(30)28-19(20(21(28)29)27(7,26(4,5)6)37-39(8)9)14-13-17(38)16-18(23(31)34-11-2)24(32)35-12-3/h10,18-20,22,30,39H,1,11-16H2,2-9H3/t19-,20+,22?,27+/m0/s1. The molecule has 10 nitrogen and oxygen atoms in total. The number of amides is 1. The van der Waals surface area contributed by atoms with Gasteiger partial charge in [0.2, 0.25) is 12.1 Å². The molecule has 1 fully saturated rings. The van der Waals surface area contributed by atoms with Crippen molar-refractivity contribution >= 4 is 49.9 Å². The van der Waals surface area contributed by atoms with Crippen molar-refractivity contribution in [2.24, 2.45) is 17.3 Å². The summed E-state index contributed by atoms with van der Waals surface area (Å²) in [5.41, 5.74) is -1.35. The number of aliphatic hydroxyl groups is 1. The molecule has 0 radical (unpaired) electrons. The van der Waals surface area contributed by atoms with Gasteiger partial charge in [-0.2, -0.15) is 0 Å². The Hall–Kier alpha value is -2.15. The molecule has 1 aliphatic heterocycles. The molecule has 222 valence electrons. The van der Waals surface area contributed by atoms with Crippen LogP contribution >= 0.6 is 12.2 Å². The molecule has 0 spiro atoms. The molecule has 12 heteroatoms. The van der Waals surface area contributed by atoms with E-state index in [0.29, 0.717) is 4.86 Å². The third kappa shape index (κ3) is 8.66. The van der Waals surface area contributed by atoms with Crippen molar-refractivity contribution in [1.82, 2.24) is 4.90 Å². The van der Waals surface area contributed by atoms with Crippen LogP contribution in [-0.2, 0) is 37.8 Å². The number of likely N-dealkylation sites (tertiary alicyclic amines) is 1. The van der Waals surface area contributed by atoms with Crippen LogP contribution in [-0.4, -0.2) is 85.4 Å². The average molecular weight is 588 g/mol. The highest BCUT2D eigenvalue weighted by Gasteiger charge is 2.62. The van der Waals surface area contributed by atoms with Crippen molar-refractivity contribution < 1.29 is 42.9 Å². The van der Waals surface area contributed by atoms with Gasteiger partial charge in [0.15, 0.2) is 15.0 Å². The highest BCUT2D eigenvalue weighted by Crippen LogP contribution is 2.49. The van der Waals surface area contributed by atoms with E-state index in [1.54, 1.807) is 13.8 Å². The van der Waals surface area contributed by atoms with E-state index in [2.05, 4.69) is 6.58 Å². The van der Waals surface area contributed by atoms with Gasteiger partial charge in [0, 0.05) is 12.5 Å². The second kappa shape index (κ2) is 15.0. The maximum atomic E-state index is 13.5. The first-order valence-electron chi connectivity index (χ1n) is 13.4. The lowest BCUT2D eigenvalue weighted by molar-refractivity contribution is -0.212. The third-order valence-corrected chi connectivity index (χ3v) is 8.27. The van der Waals surface area contributed by atoms with E-state index in [9.17, 15) is 24.3 Å². The summed E-state index contributed by atoms with van der Waals surface area (Å²) in [5.74, 6) is -4.67. The van der Waals surface area contributed by atoms with Crippen LogP contribution in [0.2, 0.25) is 13.1 Å². The number of esters is 3. The molecule has 1 amide bonds. The highest BCUT2D eigenvalue weighted by atomic mass is 32.1. The fraction of sp³-hybridized carbons (Fsp3) is 0.741. The molecule has 0 aromatic carbocycles. The maximum absolute atomic E-state index is 13.5. The molecule has 1 unspecified atom stereocenters. The number of thiocarbonyl (C=S) groups is 1. The Bertz CT molecular complexity index is 901. The second-order valence-corrected chi connectivity index (χ2v) is 13.9. The number of rotatable bonds is 16. The number of hydrogen-bond acceptors (Lipinski definition) is 10. The Morgan fingerprint density at radius 1 is 1.08 bits per heavy atom. The number of aliphatic hydroxyl groups excluding tert-OH is 1. The normalized spacial score (nSPS) is 19.7. The Balaban J connectivity index is 3.27. The van der Waals surface area contributed by atoms with Gasteiger partial charge in [0.25, 0.3) is 0 Å². The zero-order valence-electron chi connectivity index (χ0n) is 24.5. The summed E-state index contributed by atoms with van der Waals surface area (Å²) in [6.07, 6.45) is 0.00777. The van der Waals surface area contributed by atoms with Crippen LogP contribution in [0.4, 0.5) is 0 Å². The zero-order chi connectivity index (χ0) is 30.1. The van der Waals surface area contributed by atoms with Gasteiger partial charge in [0.1, 0.15) is 6.61 Å². The van der Waals surface area contributed by atoms with E-state index in [0.717, 1.165) is 4.90 Å². The predicted octanol–water partition coefficient (Wildman–Crippen LogP) is 2.95. The van der Waals surface area contributed by atoms with Crippen molar-refractivity contribution in [2.75, 3.05) is 19.8 Å². The summed E-state index contributed by atoms with van der Waals surface area (Å²) in [5, 5.41) is 10.8.